The number of hydrogen-bond acceptors (Lipinski definition) is 6. The van der Waals surface area contributed by atoms with Gasteiger partial charge >= 0.3 is 6.01 Å². The van der Waals surface area contributed by atoms with Gasteiger partial charge in [0.2, 0.25) is 0 Å². The molecule has 2 aromatic heterocycles. The number of aromatic nitrogens is 4. The maximum atomic E-state index is 5.90. The summed E-state index contributed by atoms with van der Waals surface area (Å²) in [5.74, 6) is 2.18. The standard InChI is InChI=1S/C25H25N5O/c1-16-13-17(2)27-25(26-16)31-22-12-8-11-21(15-22)30-24-23(18(3)28-19(4)29-24)14-20-9-6-5-7-10-20/h5-13,15H,14H2,1-4H3,(H,28,29,30). The number of hydrogen-bond donors (Lipinski definition) is 1. The van der Waals surface area contributed by atoms with Crippen molar-refractivity contribution in [1.82, 2.24) is 19.9 Å². The smallest absolute Gasteiger partial charge is 0.322 e. The van der Waals surface area contributed by atoms with Crippen molar-refractivity contribution in [2.75, 3.05) is 5.32 Å². The summed E-state index contributed by atoms with van der Waals surface area (Å²) in [7, 11) is 0. The summed E-state index contributed by atoms with van der Waals surface area (Å²) in [6, 6.07) is 20.3. The molecular formula is C25H25N5O. The topological polar surface area (TPSA) is 72.8 Å². The first-order chi connectivity index (χ1) is 15.0. The highest BCUT2D eigenvalue weighted by molar-refractivity contribution is 5.62. The van der Waals surface area contributed by atoms with E-state index in [1.165, 1.54) is 5.56 Å². The Labute approximate surface area is 182 Å². The monoisotopic (exact) mass is 411 g/mol. The maximum Gasteiger partial charge on any atom is 0.322 e. The number of benzene rings is 2. The Morgan fingerprint density at radius 1 is 0.774 bits per heavy atom. The summed E-state index contributed by atoms with van der Waals surface area (Å²) >= 11 is 0. The van der Waals surface area contributed by atoms with Gasteiger partial charge in [0.25, 0.3) is 0 Å². The molecule has 0 spiro atoms. The molecule has 2 aromatic carbocycles. The van der Waals surface area contributed by atoms with Crippen molar-refractivity contribution in [3.63, 3.8) is 0 Å². The first-order valence-corrected chi connectivity index (χ1v) is 10.2. The van der Waals surface area contributed by atoms with Gasteiger partial charge in [-0.3, -0.25) is 0 Å². The Bertz CT molecular complexity index is 1190. The van der Waals surface area contributed by atoms with E-state index in [0.29, 0.717) is 11.8 Å². The minimum absolute atomic E-state index is 0.341. The van der Waals surface area contributed by atoms with Gasteiger partial charge in [-0.2, -0.15) is 0 Å². The van der Waals surface area contributed by atoms with E-state index in [2.05, 4.69) is 37.4 Å². The van der Waals surface area contributed by atoms with E-state index in [-0.39, 0.29) is 0 Å². The maximum absolute atomic E-state index is 5.90. The number of anilines is 2. The van der Waals surface area contributed by atoms with Crippen LogP contribution in [0.2, 0.25) is 0 Å². The van der Waals surface area contributed by atoms with Crippen molar-refractivity contribution >= 4 is 11.5 Å². The fourth-order valence-electron chi connectivity index (χ4n) is 3.47. The van der Waals surface area contributed by atoms with Crippen molar-refractivity contribution < 1.29 is 4.74 Å². The number of nitrogens with zero attached hydrogens (tertiary/aromatic N) is 4. The molecule has 0 bridgehead atoms. The van der Waals surface area contributed by atoms with Crippen LogP contribution in [0.4, 0.5) is 11.5 Å². The van der Waals surface area contributed by atoms with E-state index >= 15 is 0 Å². The quantitative estimate of drug-likeness (QED) is 0.443. The van der Waals surface area contributed by atoms with Gasteiger partial charge in [-0.15, -0.1) is 0 Å². The number of nitrogens with one attached hydrogen (secondary N) is 1. The van der Waals surface area contributed by atoms with Gasteiger partial charge in [0, 0.05) is 40.8 Å². The van der Waals surface area contributed by atoms with Gasteiger partial charge in [-0.1, -0.05) is 36.4 Å². The minimum atomic E-state index is 0.341. The first kappa shape index (κ1) is 20.5. The van der Waals surface area contributed by atoms with Crippen LogP contribution in [0, 0.1) is 27.7 Å². The van der Waals surface area contributed by atoms with Crippen LogP contribution in [-0.2, 0) is 6.42 Å². The average Bonchev–Trinajstić information content (AvgIpc) is 2.71. The third-order valence-electron chi connectivity index (χ3n) is 4.82. The Morgan fingerprint density at radius 2 is 1.52 bits per heavy atom. The first-order valence-electron chi connectivity index (χ1n) is 10.2. The molecule has 0 fully saturated rings. The number of rotatable bonds is 6. The zero-order valence-electron chi connectivity index (χ0n) is 18.2. The van der Waals surface area contributed by atoms with Crippen molar-refractivity contribution in [3.05, 3.63) is 94.7 Å². The van der Waals surface area contributed by atoms with E-state index in [0.717, 1.165) is 46.4 Å². The summed E-state index contributed by atoms with van der Waals surface area (Å²) < 4.78 is 5.90. The summed E-state index contributed by atoms with van der Waals surface area (Å²) in [5.41, 5.74) is 5.86. The number of ether oxygens (including phenoxy) is 1. The molecule has 0 atom stereocenters. The molecule has 0 amide bonds. The van der Waals surface area contributed by atoms with Crippen LogP contribution in [0.5, 0.6) is 11.8 Å². The summed E-state index contributed by atoms with van der Waals surface area (Å²) in [5, 5.41) is 3.45. The molecule has 0 saturated heterocycles. The molecule has 4 rings (SSSR count). The van der Waals surface area contributed by atoms with E-state index in [9.17, 15) is 0 Å². The van der Waals surface area contributed by atoms with Crippen LogP contribution in [-0.4, -0.2) is 19.9 Å². The highest BCUT2D eigenvalue weighted by Gasteiger charge is 2.12. The Hall–Kier alpha value is -3.80. The van der Waals surface area contributed by atoms with Crippen LogP contribution in [0.25, 0.3) is 0 Å². The fraction of sp³-hybridized carbons (Fsp3) is 0.200. The molecule has 4 aromatic rings. The van der Waals surface area contributed by atoms with E-state index in [1.54, 1.807) is 0 Å². The fourth-order valence-corrected chi connectivity index (χ4v) is 3.47. The Morgan fingerprint density at radius 3 is 2.26 bits per heavy atom. The highest BCUT2D eigenvalue weighted by atomic mass is 16.5. The van der Waals surface area contributed by atoms with Crippen molar-refractivity contribution in [1.29, 1.82) is 0 Å². The molecule has 31 heavy (non-hydrogen) atoms. The zero-order chi connectivity index (χ0) is 21.8. The third kappa shape index (κ3) is 5.22. The third-order valence-corrected chi connectivity index (χ3v) is 4.82. The largest absolute Gasteiger partial charge is 0.424 e. The van der Waals surface area contributed by atoms with E-state index in [4.69, 9.17) is 4.74 Å². The number of aryl methyl sites for hydroxylation is 4. The van der Waals surface area contributed by atoms with Crippen LogP contribution < -0.4 is 10.1 Å². The van der Waals surface area contributed by atoms with Crippen molar-refractivity contribution in [2.24, 2.45) is 0 Å². The molecule has 6 nitrogen and oxygen atoms in total. The van der Waals surface area contributed by atoms with Crippen LogP contribution in [0.1, 0.15) is 34.0 Å². The second-order valence-corrected chi connectivity index (χ2v) is 7.53. The summed E-state index contributed by atoms with van der Waals surface area (Å²) in [4.78, 5) is 17.9. The van der Waals surface area contributed by atoms with Crippen LogP contribution in [0.3, 0.4) is 0 Å². The molecule has 6 heteroatoms. The van der Waals surface area contributed by atoms with Crippen molar-refractivity contribution in [2.45, 2.75) is 34.1 Å². The molecule has 0 unspecified atom stereocenters. The van der Waals surface area contributed by atoms with E-state index < -0.39 is 0 Å². The minimum Gasteiger partial charge on any atom is -0.424 e. The molecule has 2 heterocycles. The SMILES string of the molecule is Cc1cc(C)nc(Oc2cccc(Nc3nc(C)nc(C)c3Cc3ccccc3)c2)n1. The van der Waals surface area contributed by atoms with Gasteiger partial charge in [0.05, 0.1) is 0 Å². The predicted molar refractivity (Wildman–Crippen MR) is 122 cm³/mol. The van der Waals surface area contributed by atoms with Gasteiger partial charge in [-0.25, -0.2) is 19.9 Å². The molecule has 1 N–H and O–H groups in total. The second kappa shape index (κ2) is 8.92. The summed E-state index contributed by atoms with van der Waals surface area (Å²) in [6.45, 7) is 7.78. The molecule has 156 valence electrons. The zero-order valence-corrected chi connectivity index (χ0v) is 18.2. The van der Waals surface area contributed by atoms with Crippen molar-refractivity contribution in [3.8, 4) is 11.8 Å². The molecular weight excluding hydrogens is 386 g/mol. The summed E-state index contributed by atoms with van der Waals surface area (Å²) in [6.07, 6.45) is 0.752. The average molecular weight is 412 g/mol. The highest BCUT2D eigenvalue weighted by Crippen LogP contribution is 2.27. The van der Waals surface area contributed by atoms with Crippen LogP contribution in [0.15, 0.2) is 60.7 Å². The van der Waals surface area contributed by atoms with Crippen LogP contribution >= 0.6 is 0 Å². The Kier molecular flexibility index (Phi) is 5.89. The normalized spacial score (nSPS) is 10.7. The lowest BCUT2D eigenvalue weighted by Gasteiger charge is -2.15. The van der Waals surface area contributed by atoms with Gasteiger partial charge in [0.15, 0.2) is 0 Å². The lowest BCUT2D eigenvalue weighted by Crippen LogP contribution is -2.06. The Balaban J connectivity index is 1.61. The molecule has 0 radical (unpaired) electrons. The molecule has 0 aliphatic carbocycles. The predicted octanol–water partition coefficient (Wildman–Crippen LogP) is 5.63. The van der Waals surface area contributed by atoms with Gasteiger partial charge in [-0.05, 0) is 51.5 Å². The molecule has 0 aliphatic rings. The molecule has 0 saturated carbocycles. The van der Waals surface area contributed by atoms with Gasteiger partial charge in [0.1, 0.15) is 17.4 Å². The lowest BCUT2D eigenvalue weighted by atomic mass is 10.0. The van der Waals surface area contributed by atoms with Gasteiger partial charge < -0.3 is 10.1 Å². The van der Waals surface area contributed by atoms with E-state index in [1.807, 2.05) is 76.2 Å². The molecule has 0 aliphatic heterocycles. The second-order valence-electron chi connectivity index (χ2n) is 7.53. The lowest BCUT2D eigenvalue weighted by molar-refractivity contribution is 0.439.